The van der Waals surface area contributed by atoms with Gasteiger partial charge in [-0.1, -0.05) is 23.2 Å². The molecule has 1 heterocycles. The zero-order valence-corrected chi connectivity index (χ0v) is 12.1. The zero-order chi connectivity index (χ0) is 12.3. The lowest BCUT2D eigenvalue weighted by atomic mass is 10.2. The van der Waals surface area contributed by atoms with Crippen molar-refractivity contribution < 1.29 is 9.47 Å². The molecule has 0 amide bonds. The van der Waals surface area contributed by atoms with Crippen LogP contribution in [0.4, 0.5) is 5.69 Å². The van der Waals surface area contributed by atoms with Gasteiger partial charge >= 0.3 is 0 Å². The van der Waals surface area contributed by atoms with Gasteiger partial charge in [0.15, 0.2) is 0 Å². The normalized spacial score (nSPS) is 20.3. The van der Waals surface area contributed by atoms with E-state index in [2.05, 4.69) is 21.2 Å². The van der Waals surface area contributed by atoms with Crippen molar-refractivity contribution in [2.75, 3.05) is 25.3 Å². The number of rotatable bonds is 3. The number of halogens is 3. The summed E-state index contributed by atoms with van der Waals surface area (Å²) in [4.78, 5) is 0. The van der Waals surface area contributed by atoms with Crippen LogP contribution in [0.2, 0.25) is 10.0 Å². The Morgan fingerprint density at radius 2 is 2.18 bits per heavy atom. The van der Waals surface area contributed by atoms with E-state index >= 15 is 0 Å². The molecular weight excluding hydrogens is 329 g/mol. The van der Waals surface area contributed by atoms with E-state index in [1.165, 1.54) is 0 Å². The molecule has 3 nitrogen and oxygen atoms in total. The second-order valence-corrected chi connectivity index (χ2v) is 5.32. The summed E-state index contributed by atoms with van der Waals surface area (Å²) in [5.74, 6) is 0. The highest BCUT2D eigenvalue weighted by molar-refractivity contribution is 9.10. The third-order valence-corrected chi connectivity index (χ3v) is 4.30. The molecule has 0 radical (unpaired) electrons. The maximum absolute atomic E-state index is 6.13. The molecule has 0 saturated carbocycles. The molecule has 17 heavy (non-hydrogen) atoms. The minimum atomic E-state index is 0.155. The summed E-state index contributed by atoms with van der Waals surface area (Å²) in [6, 6.07) is 3.75. The van der Waals surface area contributed by atoms with Crippen molar-refractivity contribution in [1.82, 2.24) is 0 Å². The van der Waals surface area contributed by atoms with Gasteiger partial charge in [-0.3, -0.25) is 0 Å². The standard InChI is InChI=1S/C11H12BrCl2NO2/c12-8-1-2-9(11(14)10(8)13)15-5-7-3-4-16-6-17-7/h1-2,7,15H,3-6H2. The predicted molar refractivity (Wildman–Crippen MR) is 73.0 cm³/mol. The molecule has 0 aromatic heterocycles. The van der Waals surface area contributed by atoms with Crippen LogP contribution in [0, 0.1) is 0 Å². The first kappa shape index (κ1) is 13.4. The third-order valence-electron chi connectivity index (χ3n) is 2.53. The van der Waals surface area contributed by atoms with E-state index in [0.29, 0.717) is 23.4 Å². The second kappa shape index (κ2) is 6.25. The van der Waals surface area contributed by atoms with Crippen LogP contribution in [-0.2, 0) is 9.47 Å². The SMILES string of the molecule is Clc1c(Br)ccc(NCC2CCOCO2)c1Cl. The predicted octanol–water partition coefficient (Wildman–Crippen LogP) is 3.93. The van der Waals surface area contributed by atoms with Gasteiger partial charge in [-0.15, -0.1) is 0 Å². The topological polar surface area (TPSA) is 30.5 Å². The molecule has 1 aliphatic rings. The molecule has 0 spiro atoms. The first-order chi connectivity index (χ1) is 8.18. The Labute approximate surface area is 119 Å². The van der Waals surface area contributed by atoms with Crippen LogP contribution in [0.1, 0.15) is 6.42 Å². The molecule has 0 bridgehead atoms. The van der Waals surface area contributed by atoms with Crippen molar-refractivity contribution in [3.8, 4) is 0 Å². The maximum Gasteiger partial charge on any atom is 0.147 e. The Balaban J connectivity index is 1.96. The maximum atomic E-state index is 6.13. The highest BCUT2D eigenvalue weighted by Gasteiger charge is 2.15. The largest absolute Gasteiger partial charge is 0.381 e. The Morgan fingerprint density at radius 1 is 1.35 bits per heavy atom. The van der Waals surface area contributed by atoms with Crippen LogP contribution >= 0.6 is 39.1 Å². The van der Waals surface area contributed by atoms with Gasteiger partial charge in [-0.05, 0) is 34.5 Å². The van der Waals surface area contributed by atoms with Gasteiger partial charge in [0.2, 0.25) is 0 Å². The van der Waals surface area contributed by atoms with Gasteiger partial charge in [-0.25, -0.2) is 0 Å². The van der Waals surface area contributed by atoms with Crippen molar-refractivity contribution >= 4 is 44.8 Å². The van der Waals surface area contributed by atoms with Crippen LogP contribution < -0.4 is 5.32 Å². The fraction of sp³-hybridized carbons (Fsp3) is 0.455. The molecule has 1 aliphatic heterocycles. The molecular formula is C11H12BrCl2NO2. The van der Waals surface area contributed by atoms with E-state index in [0.717, 1.165) is 23.2 Å². The fourth-order valence-electron chi connectivity index (χ4n) is 1.55. The van der Waals surface area contributed by atoms with Gasteiger partial charge in [0.05, 0.1) is 28.4 Å². The lowest BCUT2D eigenvalue weighted by Crippen LogP contribution is -2.30. The lowest BCUT2D eigenvalue weighted by Gasteiger charge is -2.23. The summed E-state index contributed by atoms with van der Waals surface area (Å²) in [6.07, 6.45) is 1.04. The number of nitrogens with one attached hydrogen (secondary N) is 1. The molecule has 1 N–H and O–H groups in total. The van der Waals surface area contributed by atoms with E-state index in [9.17, 15) is 0 Å². The zero-order valence-electron chi connectivity index (χ0n) is 9.01. The van der Waals surface area contributed by atoms with Gasteiger partial charge in [0.25, 0.3) is 0 Å². The van der Waals surface area contributed by atoms with E-state index in [-0.39, 0.29) is 6.10 Å². The molecule has 0 aliphatic carbocycles. The smallest absolute Gasteiger partial charge is 0.147 e. The number of benzene rings is 1. The van der Waals surface area contributed by atoms with Crippen LogP contribution in [0.5, 0.6) is 0 Å². The molecule has 1 saturated heterocycles. The first-order valence-electron chi connectivity index (χ1n) is 5.25. The monoisotopic (exact) mass is 339 g/mol. The third kappa shape index (κ3) is 3.48. The van der Waals surface area contributed by atoms with E-state index in [1.807, 2.05) is 12.1 Å². The van der Waals surface area contributed by atoms with Crippen molar-refractivity contribution in [3.63, 3.8) is 0 Å². The summed E-state index contributed by atoms with van der Waals surface area (Å²) >= 11 is 15.5. The fourth-order valence-corrected chi connectivity index (χ4v) is 2.39. The highest BCUT2D eigenvalue weighted by Crippen LogP contribution is 2.35. The van der Waals surface area contributed by atoms with Gasteiger partial charge < -0.3 is 14.8 Å². The van der Waals surface area contributed by atoms with Crippen LogP contribution in [0.15, 0.2) is 16.6 Å². The van der Waals surface area contributed by atoms with Crippen molar-refractivity contribution in [2.45, 2.75) is 12.5 Å². The van der Waals surface area contributed by atoms with Crippen LogP contribution in [0.3, 0.4) is 0 Å². The molecule has 1 atom stereocenters. The van der Waals surface area contributed by atoms with Gasteiger partial charge in [0, 0.05) is 11.0 Å². The average Bonchev–Trinajstić information content (AvgIpc) is 2.36. The van der Waals surface area contributed by atoms with Crippen molar-refractivity contribution in [3.05, 3.63) is 26.7 Å². The number of hydrogen-bond donors (Lipinski definition) is 1. The summed E-state index contributed by atoms with van der Waals surface area (Å²) in [6.45, 7) is 1.80. The molecule has 2 rings (SSSR count). The Kier molecular flexibility index (Phi) is 4.94. The number of hydrogen-bond acceptors (Lipinski definition) is 3. The summed E-state index contributed by atoms with van der Waals surface area (Å²) in [5, 5.41) is 4.27. The van der Waals surface area contributed by atoms with Crippen molar-refractivity contribution in [1.29, 1.82) is 0 Å². The molecule has 94 valence electrons. The Hall–Kier alpha value is -0.0000000000000000555. The van der Waals surface area contributed by atoms with E-state index < -0.39 is 0 Å². The highest BCUT2D eigenvalue weighted by atomic mass is 79.9. The molecule has 1 aromatic rings. The quantitative estimate of drug-likeness (QED) is 0.845. The average molecular weight is 341 g/mol. The van der Waals surface area contributed by atoms with E-state index in [1.54, 1.807) is 0 Å². The van der Waals surface area contributed by atoms with Crippen LogP contribution in [-0.4, -0.2) is 26.0 Å². The van der Waals surface area contributed by atoms with Gasteiger partial charge in [-0.2, -0.15) is 0 Å². The molecule has 1 fully saturated rings. The molecule has 6 heteroatoms. The van der Waals surface area contributed by atoms with Crippen molar-refractivity contribution in [2.24, 2.45) is 0 Å². The summed E-state index contributed by atoms with van der Waals surface area (Å²) < 4.78 is 11.3. The number of ether oxygens (including phenoxy) is 2. The minimum Gasteiger partial charge on any atom is -0.381 e. The Morgan fingerprint density at radius 3 is 2.88 bits per heavy atom. The van der Waals surface area contributed by atoms with Crippen LogP contribution in [0.25, 0.3) is 0 Å². The molecule has 1 unspecified atom stereocenters. The summed E-state index contributed by atoms with van der Waals surface area (Å²) in [5.41, 5.74) is 0.815. The second-order valence-electron chi connectivity index (χ2n) is 3.71. The Bertz CT molecular complexity index is 397. The lowest BCUT2D eigenvalue weighted by molar-refractivity contribution is -0.133. The first-order valence-corrected chi connectivity index (χ1v) is 6.80. The number of anilines is 1. The van der Waals surface area contributed by atoms with E-state index in [4.69, 9.17) is 32.7 Å². The minimum absolute atomic E-state index is 0.155. The van der Waals surface area contributed by atoms with Gasteiger partial charge in [0.1, 0.15) is 6.79 Å². The summed E-state index contributed by atoms with van der Waals surface area (Å²) in [7, 11) is 0. The molecule has 1 aromatic carbocycles.